The van der Waals surface area contributed by atoms with Gasteiger partial charge < -0.3 is 5.11 Å². The van der Waals surface area contributed by atoms with Crippen LogP contribution in [0.4, 0.5) is 0 Å². The van der Waals surface area contributed by atoms with Crippen molar-refractivity contribution in [3.63, 3.8) is 0 Å². The number of carbonyl (C=O) groups is 1. The predicted molar refractivity (Wildman–Crippen MR) is 67.9 cm³/mol. The highest BCUT2D eigenvalue weighted by Gasteiger charge is 2.06. The summed E-state index contributed by atoms with van der Waals surface area (Å²) >= 11 is 3.44. The highest BCUT2D eigenvalue weighted by molar-refractivity contribution is 9.08. The Kier molecular flexibility index (Phi) is 3.25. The molecule has 3 heteroatoms. The van der Waals surface area contributed by atoms with Crippen molar-refractivity contribution in [2.24, 2.45) is 0 Å². The minimum atomic E-state index is -0.795. The molecule has 0 atom stereocenters. The van der Waals surface area contributed by atoms with Crippen molar-refractivity contribution >= 4 is 32.7 Å². The van der Waals surface area contributed by atoms with E-state index in [1.807, 2.05) is 36.4 Å². The number of aliphatic carboxylic acids is 1. The van der Waals surface area contributed by atoms with E-state index in [0.717, 1.165) is 21.7 Å². The average Bonchev–Trinajstić information content (AvgIpc) is 2.28. The first-order valence-electron chi connectivity index (χ1n) is 4.99. The Balaban J connectivity index is 2.64. The zero-order valence-corrected chi connectivity index (χ0v) is 10.2. The number of carboxylic acid groups (broad SMARTS) is 1. The van der Waals surface area contributed by atoms with Crippen molar-refractivity contribution in [1.82, 2.24) is 0 Å². The van der Waals surface area contributed by atoms with Crippen LogP contribution in [0.25, 0.3) is 10.8 Å². The second-order valence-electron chi connectivity index (χ2n) is 3.63. The van der Waals surface area contributed by atoms with Gasteiger partial charge in [0.1, 0.15) is 0 Å². The third kappa shape index (κ3) is 2.09. The molecule has 2 nitrogen and oxygen atoms in total. The topological polar surface area (TPSA) is 37.3 Å². The van der Waals surface area contributed by atoms with Crippen molar-refractivity contribution < 1.29 is 9.90 Å². The van der Waals surface area contributed by atoms with E-state index in [9.17, 15) is 4.79 Å². The maximum absolute atomic E-state index is 10.8. The maximum atomic E-state index is 10.8. The molecule has 2 aromatic rings. The predicted octanol–water partition coefficient (Wildman–Crippen LogP) is 3.36. The molecule has 1 N–H and O–H groups in total. The third-order valence-electron chi connectivity index (χ3n) is 2.59. The van der Waals surface area contributed by atoms with Crippen LogP contribution in [0, 0.1) is 0 Å². The summed E-state index contributed by atoms with van der Waals surface area (Å²) in [4.78, 5) is 10.8. The van der Waals surface area contributed by atoms with Gasteiger partial charge in [-0.25, -0.2) is 0 Å². The van der Waals surface area contributed by atoms with Crippen molar-refractivity contribution in [1.29, 1.82) is 0 Å². The Morgan fingerprint density at radius 2 is 1.62 bits per heavy atom. The highest BCUT2D eigenvalue weighted by Crippen LogP contribution is 2.24. The van der Waals surface area contributed by atoms with E-state index in [-0.39, 0.29) is 6.42 Å². The molecule has 82 valence electrons. The molecular formula is C13H11BrO2. The molecule has 2 aromatic carbocycles. The molecule has 0 spiro atoms. The Morgan fingerprint density at radius 1 is 1.06 bits per heavy atom. The van der Waals surface area contributed by atoms with Gasteiger partial charge in [-0.2, -0.15) is 0 Å². The molecule has 0 unspecified atom stereocenters. The third-order valence-corrected chi connectivity index (χ3v) is 3.19. The van der Waals surface area contributed by atoms with Gasteiger partial charge in [-0.3, -0.25) is 4.79 Å². The van der Waals surface area contributed by atoms with Crippen molar-refractivity contribution in [2.75, 3.05) is 0 Å². The molecular weight excluding hydrogens is 268 g/mol. The molecule has 0 saturated heterocycles. The number of hydrogen-bond acceptors (Lipinski definition) is 1. The van der Waals surface area contributed by atoms with Crippen molar-refractivity contribution in [3.8, 4) is 0 Å². The summed E-state index contributed by atoms with van der Waals surface area (Å²) in [5.74, 6) is -0.795. The molecule has 2 rings (SSSR count). The molecule has 0 bridgehead atoms. The van der Waals surface area contributed by atoms with Crippen LogP contribution in [0.5, 0.6) is 0 Å². The minimum Gasteiger partial charge on any atom is -0.481 e. The van der Waals surface area contributed by atoms with Crippen molar-refractivity contribution in [2.45, 2.75) is 11.8 Å². The van der Waals surface area contributed by atoms with E-state index < -0.39 is 5.97 Å². The van der Waals surface area contributed by atoms with Gasteiger partial charge in [-0.1, -0.05) is 52.3 Å². The second kappa shape index (κ2) is 4.66. The van der Waals surface area contributed by atoms with Gasteiger partial charge in [0, 0.05) is 5.33 Å². The van der Waals surface area contributed by atoms with Crippen LogP contribution < -0.4 is 0 Å². The van der Waals surface area contributed by atoms with Crippen molar-refractivity contribution in [3.05, 3.63) is 47.5 Å². The van der Waals surface area contributed by atoms with E-state index >= 15 is 0 Å². The van der Waals surface area contributed by atoms with Gasteiger partial charge in [0.25, 0.3) is 0 Å². The SMILES string of the molecule is O=C(O)Cc1cccc2c(CBr)cccc12. The maximum Gasteiger partial charge on any atom is 0.307 e. The van der Waals surface area contributed by atoms with Gasteiger partial charge in [0.2, 0.25) is 0 Å². The zero-order valence-electron chi connectivity index (χ0n) is 8.61. The van der Waals surface area contributed by atoms with E-state index in [0.29, 0.717) is 0 Å². The van der Waals surface area contributed by atoms with Crippen LogP contribution in [0.1, 0.15) is 11.1 Å². The molecule has 16 heavy (non-hydrogen) atoms. The number of alkyl halides is 1. The fraction of sp³-hybridized carbons (Fsp3) is 0.154. The fourth-order valence-corrected chi connectivity index (χ4v) is 2.36. The summed E-state index contributed by atoms with van der Waals surface area (Å²) in [5.41, 5.74) is 2.05. The average molecular weight is 279 g/mol. The number of halogens is 1. The normalized spacial score (nSPS) is 10.6. The van der Waals surface area contributed by atoms with Crippen LogP contribution in [-0.2, 0) is 16.5 Å². The number of fused-ring (bicyclic) bond motifs is 1. The number of hydrogen-bond donors (Lipinski definition) is 1. The molecule has 0 aliphatic rings. The van der Waals surface area contributed by atoms with Crippen LogP contribution in [-0.4, -0.2) is 11.1 Å². The van der Waals surface area contributed by atoms with Gasteiger partial charge in [-0.05, 0) is 21.9 Å². The molecule has 0 amide bonds. The molecule has 0 aromatic heterocycles. The number of rotatable bonds is 3. The first kappa shape index (κ1) is 11.1. The Morgan fingerprint density at radius 3 is 2.19 bits per heavy atom. The van der Waals surface area contributed by atoms with E-state index in [2.05, 4.69) is 15.9 Å². The molecule has 0 aliphatic heterocycles. The first-order chi connectivity index (χ1) is 7.72. The molecule has 0 heterocycles. The van der Waals surface area contributed by atoms with Gasteiger partial charge in [0.05, 0.1) is 6.42 Å². The van der Waals surface area contributed by atoms with E-state index in [4.69, 9.17) is 5.11 Å². The number of benzene rings is 2. The zero-order chi connectivity index (χ0) is 11.5. The van der Waals surface area contributed by atoms with Crippen LogP contribution in [0.2, 0.25) is 0 Å². The fourth-order valence-electron chi connectivity index (χ4n) is 1.87. The lowest BCUT2D eigenvalue weighted by Crippen LogP contribution is -2.00. The lowest BCUT2D eigenvalue weighted by atomic mass is 9.99. The Labute approximate surface area is 102 Å². The van der Waals surface area contributed by atoms with Crippen LogP contribution >= 0.6 is 15.9 Å². The quantitative estimate of drug-likeness (QED) is 0.875. The number of carboxylic acids is 1. The first-order valence-corrected chi connectivity index (χ1v) is 6.12. The summed E-state index contributed by atoms with van der Waals surface area (Å²) in [6, 6.07) is 11.8. The Hall–Kier alpha value is -1.35. The highest BCUT2D eigenvalue weighted by atomic mass is 79.9. The standard InChI is InChI=1S/C13H11BrO2/c14-8-10-4-2-5-11-9(7-13(15)16)3-1-6-12(10)11/h1-6H,7-8H2,(H,15,16). The Bertz CT molecular complexity index is 534. The van der Waals surface area contributed by atoms with Gasteiger partial charge in [0.15, 0.2) is 0 Å². The minimum absolute atomic E-state index is 0.0725. The summed E-state index contributed by atoms with van der Waals surface area (Å²) in [5, 5.41) is 11.8. The molecule has 0 aliphatic carbocycles. The van der Waals surface area contributed by atoms with Gasteiger partial charge >= 0.3 is 5.97 Å². The second-order valence-corrected chi connectivity index (χ2v) is 4.19. The van der Waals surface area contributed by atoms with Crippen LogP contribution in [0.15, 0.2) is 36.4 Å². The lowest BCUT2D eigenvalue weighted by Gasteiger charge is -2.07. The lowest BCUT2D eigenvalue weighted by molar-refractivity contribution is -0.136. The molecule has 0 saturated carbocycles. The summed E-state index contributed by atoms with van der Waals surface area (Å²) < 4.78 is 0. The largest absolute Gasteiger partial charge is 0.481 e. The summed E-state index contributed by atoms with van der Waals surface area (Å²) in [6.07, 6.45) is 0.0725. The van der Waals surface area contributed by atoms with E-state index in [1.54, 1.807) is 0 Å². The van der Waals surface area contributed by atoms with Crippen LogP contribution in [0.3, 0.4) is 0 Å². The summed E-state index contributed by atoms with van der Waals surface area (Å²) in [7, 11) is 0. The molecule has 0 fully saturated rings. The molecule has 0 radical (unpaired) electrons. The van der Waals surface area contributed by atoms with Gasteiger partial charge in [-0.15, -0.1) is 0 Å². The summed E-state index contributed by atoms with van der Waals surface area (Å²) in [6.45, 7) is 0. The van der Waals surface area contributed by atoms with E-state index in [1.165, 1.54) is 5.56 Å². The smallest absolute Gasteiger partial charge is 0.307 e. The monoisotopic (exact) mass is 278 g/mol.